The van der Waals surface area contributed by atoms with E-state index in [1.165, 1.54) is 25.7 Å². The van der Waals surface area contributed by atoms with Crippen molar-refractivity contribution in [2.45, 2.75) is 46.5 Å². The summed E-state index contributed by atoms with van der Waals surface area (Å²) in [6, 6.07) is 0. The topological polar surface area (TPSA) is 0 Å². The van der Waals surface area contributed by atoms with Crippen LogP contribution in [0.5, 0.6) is 0 Å². The van der Waals surface area contributed by atoms with Gasteiger partial charge < -0.3 is 0 Å². The summed E-state index contributed by atoms with van der Waals surface area (Å²) in [7, 11) is 0. The largest absolute Gasteiger partial charge is 0.0651 e. The predicted molar refractivity (Wildman–Crippen MR) is 50.3 cm³/mol. The van der Waals surface area contributed by atoms with E-state index in [1.54, 1.807) is 0 Å². The summed E-state index contributed by atoms with van der Waals surface area (Å²) in [4.78, 5) is 0. The van der Waals surface area contributed by atoms with Crippen molar-refractivity contribution in [1.29, 1.82) is 0 Å². The van der Waals surface area contributed by atoms with Crippen LogP contribution in [0.15, 0.2) is 0 Å². The SMILES string of the molecule is CCC1[CH]C(CC)CC(C)C1. The highest BCUT2D eigenvalue weighted by Gasteiger charge is 2.24. The average Bonchev–Trinajstić information content (AvgIpc) is 2.03. The van der Waals surface area contributed by atoms with E-state index in [2.05, 4.69) is 27.2 Å². The maximum absolute atomic E-state index is 2.60. The second-order valence-electron chi connectivity index (χ2n) is 4.11. The van der Waals surface area contributed by atoms with Gasteiger partial charge in [0.05, 0.1) is 0 Å². The van der Waals surface area contributed by atoms with E-state index in [9.17, 15) is 0 Å². The van der Waals surface area contributed by atoms with E-state index < -0.39 is 0 Å². The molecule has 0 N–H and O–H groups in total. The lowest BCUT2D eigenvalue weighted by atomic mass is 9.74. The summed E-state index contributed by atoms with van der Waals surface area (Å²) in [5, 5.41) is 0. The summed E-state index contributed by atoms with van der Waals surface area (Å²) >= 11 is 0. The fraction of sp³-hybridized carbons (Fsp3) is 0.909. The van der Waals surface area contributed by atoms with Gasteiger partial charge in [0.25, 0.3) is 0 Å². The maximum atomic E-state index is 2.60. The molecule has 0 saturated heterocycles. The lowest BCUT2D eigenvalue weighted by Gasteiger charge is -2.31. The average molecular weight is 153 g/mol. The van der Waals surface area contributed by atoms with E-state index in [0.717, 1.165) is 17.8 Å². The lowest BCUT2D eigenvalue weighted by molar-refractivity contribution is 0.269. The van der Waals surface area contributed by atoms with Crippen molar-refractivity contribution in [3.05, 3.63) is 6.42 Å². The first kappa shape index (κ1) is 9.09. The van der Waals surface area contributed by atoms with E-state index in [4.69, 9.17) is 0 Å². The third kappa shape index (κ3) is 2.50. The Labute approximate surface area is 71.4 Å². The highest BCUT2D eigenvalue weighted by Crippen LogP contribution is 2.35. The Morgan fingerprint density at radius 1 is 1.09 bits per heavy atom. The zero-order valence-electron chi connectivity index (χ0n) is 8.14. The van der Waals surface area contributed by atoms with E-state index in [1.807, 2.05) is 0 Å². The minimum atomic E-state index is 0.920. The van der Waals surface area contributed by atoms with E-state index >= 15 is 0 Å². The third-order valence-electron chi connectivity index (χ3n) is 3.00. The quantitative estimate of drug-likeness (QED) is 0.568. The van der Waals surface area contributed by atoms with Gasteiger partial charge in [0, 0.05) is 0 Å². The first-order valence-electron chi connectivity index (χ1n) is 5.11. The Morgan fingerprint density at radius 2 is 1.55 bits per heavy atom. The van der Waals surface area contributed by atoms with Crippen molar-refractivity contribution in [3.63, 3.8) is 0 Å². The molecule has 2 unspecified atom stereocenters. The van der Waals surface area contributed by atoms with Crippen LogP contribution in [0.1, 0.15) is 46.5 Å². The van der Waals surface area contributed by atoms with Crippen LogP contribution >= 0.6 is 0 Å². The number of hydrogen-bond acceptors (Lipinski definition) is 0. The van der Waals surface area contributed by atoms with E-state index in [-0.39, 0.29) is 0 Å². The molecule has 1 aliphatic rings. The van der Waals surface area contributed by atoms with Crippen molar-refractivity contribution in [2.24, 2.45) is 17.8 Å². The van der Waals surface area contributed by atoms with Crippen molar-refractivity contribution in [3.8, 4) is 0 Å². The van der Waals surface area contributed by atoms with Crippen LogP contribution in [-0.2, 0) is 0 Å². The summed E-state index contributed by atoms with van der Waals surface area (Å²) in [6.45, 7) is 7.02. The van der Waals surface area contributed by atoms with Crippen molar-refractivity contribution in [1.82, 2.24) is 0 Å². The molecular formula is C11H21. The monoisotopic (exact) mass is 153 g/mol. The standard InChI is InChI=1S/C11H21/c1-4-10-6-9(3)7-11(5-2)8-10/h8-11H,4-7H2,1-3H3. The molecule has 0 bridgehead atoms. The maximum Gasteiger partial charge on any atom is -0.0324 e. The van der Waals surface area contributed by atoms with Gasteiger partial charge in [-0.25, -0.2) is 0 Å². The third-order valence-corrected chi connectivity index (χ3v) is 3.00. The molecule has 2 atom stereocenters. The molecule has 11 heavy (non-hydrogen) atoms. The van der Waals surface area contributed by atoms with Crippen LogP contribution < -0.4 is 0 Å². The molecule has 0 aromatic rings. The van der Waals surface area contributed by atoms with Crippen molar-refractivity contribution >= 4 is 0 Å². The molecule has 0 amide bonds. The second-order valence-corrected chi connectivity index (χ2v) is 4.11. The van der Waals surface area contributed by atoms with Gasteiger partial charge in [0.1, 0.15) is 0 Å². The second kappa shape index (κ2) is 4.13. The van der Waals surface area contributed by atoms with Gasteiger partial charge >= 0.3 is 0 Å². The number of hydrogen-bond donors (Lipinski definition) is 0. The van der Waals surface area contributed by atoms with Crippen LogP contribution in [0.2, 0.25) is 0 Å². The number of rotatable bonds is 2. The fourth-order valence-corrected chi connectivity index (χ4v) is 2.28. The van der Waals surface area contributed by atoms with Crippen LogP contribution in [-0.4, -0.2) is 0 Å². The smallest absolute Gasteiger partial charge is 0.0324 e. The molecular weight excluding hydrogens is 132 g/mol. The Bertz CT molecular complexity index is 94.6. The molecule has 0 spiro atoms. The van der Waals surface area contributed by atoms with Crippen LogP contribution in [0.3, 0.4) is 0 Å². The Morgan fingerprint density at radius 3 is 1.91 bits per heavy atom. The van der Waals surface area contributed by atoms with Gasteiger partial charge in [-0.2, -0.15) is 0 Å². The summed E-state index contributed by atoms with van der Waals surface area (Å²) < 4.78 is 0. The molecule has 1 fully saturated rings. The summed E-state index contributed by atoms with van der Waals surface area (Å²) in [5.74, 6) is 2.81. The van der Waals surface area contributed by atoms with Gasteiger partial charge in [-0.1, -0.05) is 33.6 Å². The molecule has 0 nitrogen and oxygen atoms in total. The first-order chi connectivity index (χ1) is 5.26. The van der Waals surface area contributed by atoms with E-state index in [0.29, 0.717) is 0 Å². The first-order valence-corrected chi connectivity index (χ1v) is 5.11. The molecule has 1 aliphatic carbocycles. The molecule has 1 radical (unpaired) electrons. The van der Waals surface area contributed by atoms with Gasteiger partial charge in [0.15, 0.2) is 0 Å². The minimum Gasteiger partial charge on any atom is -0.0651 e. The highest BCUT2D eigenvalue weighted by molar-refractivity contribution is 4.89. The van der Waals surface area contributed by atoms with Crippen LogP contribution in [0.25, 0.3) is 0 Å². The normalized spacial score (nSPS) is 39.0. The van der Waals surface area contributed by atoms with Gasteiger partial charge in [-0.3, -0.25) is 0 Å². The zero-order chi connectivity index (χ0) is 8.27. The highest BCUT2D eigenvalue weighted by atomic mass is 14.3. The fourth-order valence-electron chi connectivity index (χ4n) is 2.28. The van der Waals surface area contributed by atoms with Crippen LogP contribution in [0.4, 0.5) is 0 Å². The molecule has 0 heteroatoms. The van der Waals surface area contributed by atoms with Gasteiger partial charge in [-0.15, -0.1) is 0 Å². The minimum absolute atomic E-state index is 0.920. The van der Waals surface area contributed by atoms with Crippen LogP contribution in [0, 0.1) is 24.2 Å². The zero-order valence-corrected chi connectivity index (χ0v) is 8.14. The molecule has 65 valence electrons. The molecule has 0 aliphatic heterocycles. The van der Waals surface area contributed by atoms with Crippen molar-refractivity contribution in [2.75, 3.05) is 0 Å². The molecule has 1 rings (SSSR count). The van der Waals surface area contributed by atoms with Gasteiger partial charge in [-0.05, 0) is 37.0 Å². The Hall–Kier alpha value is 0. The lowest BCUT2D eigenvalue weighted by Crippen LogP contribution is -2.21. The molecule has 0 aromatic heterocycles. The summed E-state index contributed by atoms with van der Waals surface area (Å²) in [6.07, 6.45) is 8.17. The summed E-state index contributed by atoms with van der Waals surface area (Å²) in [5.41, 5.74) is 0. The Kier molecular flexibility index (Phi) is 3.42. The molecule has 0 heterocycles. The molecule has 1 saturated carbocycles. The van der Waals surface area contributed by atoms with Gasteiger partial charge in [0.2, 0.25) is 0 Å². The van der Waals surface area contributed by atoms with Crippen molar-refractivity contribution < 1.29 is 0 Å². The Balaban J connectivity index is 2.37. The molecule has 0 aromatic carbocycles. The predicted octanol–water partition coefficient (Wildman–Crippen LogP) is 3.67.